The van der Waals surface area contributed by atoms with Gasteiger partial charge in [0, 0.05) is 18.4 Å². The van der Waals surface area contributed by atoms with Crippen LogP contribution in [0.5, 0.6) is 5.88 Å². The van der Waals surface area contributed by atoms with Crippen molar-refractivity contribution in [1.29, 1.82) is 0 Å². The highest BCUT2D eigenvalue weighted by atomic mass is 32.2. The molecule has 0 spiro atoms. The fourth-order valence-electron chi connectivity index (χ4n) is 2.72. The minimum atomic E-state index is -1.20. The molecule has 0 aliphatic heterocycles. The summed E-state index contributed by atoms with van der Waals surface area (Å²) >= 11 is 0. The number of carbonyl (C=O) groups excluding carboxylic acids is 1. The fourth-order valence-corrected chi connectivity index (χ4v) is 3.44. The first-order valence-corrected chi connectivity index (χ1v) is 8.98. The minimum absolute atomic E-state index is 0.221. The Balaban J connectivity index is 2.34. The molecule has 1 heterocycles. The molecule has 1 aromatic heterocycles. The van der Waals surface area contributed by atoms with Crippen molar-refractivity contribution in [1.82, 2.24) is 15.1 Å². The van der Waals surface area contributed by atoms with Gasteiger partial charge in [-0.3, -0.25) is 4.21 Å². The standard InChI is InChI=1S/C14H23N3O3S/c1-4-15-14(18)20-13-10(2)12(21(3)19)16-17(13)11-8-6-5-7-9-11/h11H,4-9H2,1-3H3,(H,15,18). The summed E-state index contributed by atoms with van der Waals surface area (Å²) in [5.41, 5.74) is 0.688. The van der Waals surface area contributed by atoms with E-state index in [4.69, 9.17) is 4.74 Å². The zero-order chi connectivity index (χ0) is 15.4. The quantitative estimate of drug-likeness (QED) is 0.927. The molecule has 1 N–H and O–H groups in total. The van der Waals surface area contributed by atoms with Crippen molar-refractivity contribution in [3.05, 3.63) is 5.56 Å². The smallest absolute Gasteiger partial charge is 0.391 e. The summed E-state index contributed by atoms with van der Waals surface area (Å²) in [6, 6.07) is 0.221. The predicted molar refractivity (Wildman–Crippen MR) is 81.1 cm³/mol. The third-order valence-corrected chi connectivity index (χ3v) is 4.68. The highest BCUT2D eigenvalue weighted by molar-refractivity contribution is 7.84. The number of hydrogen-bond donors (Lipinski definition) is 1. The van der Waals surface area contributed by atoms with E-state index >= 15 is 0 Å². The van der Waals surface area contributed by atoms with E-state index in [9.17, 15) is 9.00 Å². The Hall–Kier alpha value is -1.37. The van der Waals surface area contributed by atoms with Crippen LogP contribution < -0.4 is 10.1 Å². The molecule has 1 saturated carbocycles. The highest BCUT2D eigenvalue weighted by Gasteiger charge is 2.26. The van der Waals surface area contributed by atoms with Crippen LogP contribution in [-0.4, -0.2) is 32.9 Å². The van der Waals surface area contributed by atoms with Crippen molar-refractivity contribution in [3.63, 3.8) is 0 Å². The van der Waals surface area contributed by atoms with Gasteiger partial charge in [0.2, 0.25) is 5.88 Å². The Kier molecular flexibility index (Phi) is 5.39. The summed E-state index contributed by atoms with van der Waals surface area (Å²) in [4.78, 5) is 11.7. The van der Waals surface area contributed by atoms with Gasteiger partial charge < -0.3 is 10.1 Å². The number of nitrogens with one attached hydrogen (secondary N) is 1. The zero-order valence-corrected chi connectivity index (χ0v) is 13.7. The Bertz CT molecular complexity index is 536. The van der Waals surface area contributed by atoms with E-state index in [2.05, 4.69) is 10.4 Å². The molecule has 118 valence electrons. The summed E-state index contributed by atoms with van der Waals surface area (Å²) in [5, 5.41) is 7.57. The molecule has 1 amide bonds. The minimum Gasteiger partial charge on any atom is -0.391 e. The van der Waals surface area contributed by atoms with Crippen molar-refractivity contribution >= 4 is 16.9 Å². The lowest BCUT2D eigenvalue weighted by Crippen LogP contribution is -2.28. The second-order valence-electron chi connectivity index (χ2n) is 5.35. The Morgan fingerprint density at radius 2 is 2.10 bits per heavy atom. The van der Waals surface area contributed by atoms with Crippen molar-refractivity contribution in [2.24, 2.45) is 0 Å². The second-order valence-corrected chi connectivity index (χ2v) is 6.64. The van der Waals surface area contributed by atoms with Crippen LogP contribution >= 0.6 is 0 Å². The lowest BCUT2D eigenvalue weighted by atomic mass is 9.96. The fraction of sp³-hybridized carbons (Fsp3) is 0.714. The van der Waals surface area contributed by atoms with Crippen molar-refractivity contribution in [2.75, 3.05) is 12.8 Å². The van der Waals surface area contributed by atoms with Gasteiger partial charge in [0.05, 0.1) is 16.8 Å². The molecule has 0 aromatic carbocycles. The van der Waals surface area contributed by atoms with E-state index in [0.29, 0.717) is 23.0 Å². The lowest BCUT2D eigenvalue weighted by molar-refractivity contribution is 0.191. The maximum atomic E-state index is 11.8. The van der Waals surface area contributed by atoms with Gasteiger partial charge in [0.25, 0.3) is 0 Å². The molecule has 21 heavy (non-hydrogen) atoms. The topological polar surface area (TPSA) is 73.2 Å². The average molecular weight is 313 g/mol. The number of ether oxygens (including phenoxy) is 1. The molecule has 1 unspecified atom stereocenters. The van der Waals surface area contributed by atoms with E-state index in [1.54, 1.807) is 17.9 Å². The summed E-state index contributed by atoms with van der Waals surface area (Å²) in [5.74, 6) is 0.429. The molecule has 1 aliphatic rings. The van der Waals surface area contributed by atoms with Crippen LogP contribution in [0.4, 0.5) is 4.79 Å². The van der Waals surface area contributed by atoms with Crippen LogP contribution in [-0.2, 0) is 10.8 Å². The average Bonchev–Trinajstić information content (AvgIpc) is 2.78. The summed E-state index contributed by atoms with van der Waals surface area (Å²) in [6.45, 7) is 4.14. The van der Waals surface area contributed by atoms with Gasteiger partial charge in [-0.25, -0.2) is 9.48 Å². The molecule has 0 radical (unpaired) electrons. The summed E-state index contributed by atoms with van der Waals surface area (Å²) in [6.07, 6.45) is 6.66. The number of aromatic nitrogens is 2. The van der Waals surface area contributed by atoms with Crippen LogP contribution in [0.25, 0.3) is 0 Å². The van der Waals surface area contributed by atoms with Gasteiger partial charge in [-0.2, -0.15) is 5.10 Å². The van der Waals surface area contributed by atoms with Gasteiger partial charge in [0.15, 0.2) is 5.03 Å². The molecule has 0 saturated heterocycles. The molecule has 6 nitrogen and oxygen atoms in total. The molecule has 1 aromatic rings. The van der Waals surface area contributed by atoms with Gasteiger partial charge >= 0.3 is 6.09 Å². The normalized spacial score (nSPS) is 17.5. The molecule has 2 rings (SSSR count). The first kappa shape index (κ1) is 16.0. The lowest BCUT2D eigenvalue weighted by Gasteiger charge is -2.23. The van der Waals surface area contributed by atoms with Crippen molar-refractivity contribution < 1.29 is 13.7 Å². The number of hydrogen-bond acceptors (Lipinski definition) is 4. The highest BCUT2D eigenvalue weighted by Crippen LogP contribution is 2.34. The summed E-state index contributed by atoms with van der Waals surface area (Å²) < 4.78 is 19.0. The number of rotatable bonds is 4. The van der Waals surface area contributed by atoms with E-state index in [0.717, 1.165) is 25.7 Å². The molecular weight excluding hydrogens is 290 g/mol. The Labute approximate surface area is 127 Å². The number of amides is 1. The first-order chi connectivity index (χ1) is 10.0. The van der Waals surface area contributed by atoms with Crippen LogP contribution in [0.3, 0.4) is 0 Å². The third kappa shape index (κ3) is 3.64. The molecule has 1 fully saturated rings. The van der Waals surface area contributed by atoms with E-state index < -0.39 is 16.9 Å². The van der Waals surface area contributed by atoms with Gasteiger partial charge in [-0.1, -0.05) is 19.3 Å². The van der Waals surface area contributed by atoms with Crippen LogP contribution in [0.1, 0.15) is 50.6 Å². The summed E-state index contributed by atoms with van der Waals surface area (Å²) in [7, 11) is -1.20. The van der Waals surface area contributed by atoms with Crippen LogP contribution in [0.15, 0.2) is 5.03 Å². The maximum Gasteiger partial charge on any atom is 0.413 e. The van der Waals surface area contributed by atoms with Gasteiger partial charge in [-0.05, 0) is 26.7 Å². The molecular formula is C14H23N3O3S. The first-order valence-electron chi connectivity index (χ1n) is 7.42. The van der Waals surface area contributed by atoms with E-state index in [1.165, 1.54) is 6.42 Å². The Morgan fingerprint density at radius 3 is 2.67 bits per heavy atom. The monoisotopic (exact) mass is 313 g/mol. The van der Waals surface area contributed by atoms with Gasteiger partial charge in [0.1, 0.15) is 0 Å². The molecule has 1 atom stereocenters. The van der Waals surface area contributed by atoms with Crippen molar-refractivity contribution in [2.45, 2.75) is 57.0 Å². The molecule has 7 heteroatoms. The number of nitrogens with zero attached hydrogens (tertiary/aromatic N) is 2. The van der Waals surface area contributed by atoms with Gasteiger partial charge in [-0.15, -0.1) is 0 Å². The SMILES string of the molecule is CCNC(=O)Oc1c(C)c(S(C)=O)nn1C1CCCCC1. The van der Waals surface area contributed by atoms with E-state index in [1.807, 2.05) is 6.92 Å². The van der Waals surface area contributed by atoms with Crippen molar-refractivity contribution in [3.8, 4) is 5.88 Å². The van der Waals surface area contributed by atoms with Crippen LogP contribution in [0, 0.1) is 6.92 Å². The zero-order valence-electron chi connectivity index (χ0n) is 12.8. The number of carbonyl (C=O) groups is 1. The second kappa shape index (κ2) is 7.06. The predicted octanol–water partition coefficient (Wildman–Crippen LogP) is 2.54. The molecule has 0 bridgehead atoms. The third-order valence-electron chi connectivity index (χ3n) is 3.75. The molecule has 1 aliphatic carbocycles. The van der Waals surface area contributed by atoms with E-state index in [-0.39, 0.29) is 6.04 Å². The maximum absolute atomic E-state index is 11.8. The largest absolute Gasteiger partial charge is 0.413 e. The van der Waals surface area contributed by atoms with Crippen LogP contribution in [0.2, 0.25) is 0 Å². The Morgan fingerprint density at radius 1 is 1.43 bits per heavy atom.